The van der Waals surface area contributed by atoms with Crippen molar-refractivity contribution in [2.24, 2.45) is 57.4 Å². The Kier molecular flexibility index (Phi) is 6.63. The van der Waals surface area contributed by atoms with Gasteiger partial charge in [-0.05, 0) is 110 Å². The molecule has 2 nitrogen and oxygen atoms in total. The predicted octanol–water partition coefficient (Wildman–Crippen LogP) is 8.11. The van der Waals surface area contributed by atoms with E-state index in [1.807, 2.05) is 0 Å². The Bertz CT molecular complexity index is 626. The van der Waals surface area contributed by atoms with Crippen molar-refractivity contribution in [1.29, 1.82) is 0 Å². The highest BCUT2D eigenvalue weighted by molar-refractivity contribution is 5.85. The first-order chi connectivity index (χ1) is 14.3. The summed E-state index contributed by atoms with van der Waals surface area (Å²) in [7, 11) is 1.71. The number of fused-ring (bicyclic) bond motifs is 5. The molecule has 0 aromatic heterocycles. The minimum absolute atomic E-state index is 0.554. The van der Waals surface area contributed by atoms with Crippen molar-refractivity contribution in [2.45, 2.75) is 112 Å². The molecule has 0 aromatic rings. The first-order valence-corrected chi connectivity index (χ1v) is 13.4. The lowest BCUT2D eigenvalue weighted by Crippen LogP contribution is -2.53. The standard InChI is InChI=1S/C28H49NO/c1-19(2)8-7-9-20(3)24-12-13-25-23-11-10-21-18-22(29-30-6)14-16-27(21,4)26(23)15-17-28(24,25)5/h19-21,23-26H,7-18H2,1-6H3/b29-22+. The van der Waals surface area contributed by atoms with E-state index in [4.69, 9.17) is 4.84 Å². The summed E-state index contributed by atoms with van der Waals surface area (Å²) in [5.41, 5.74) is 2.51. The van der Waals surface area contributed by atoms with E-state index >= 15 is 0 Å². The third kappa shape index (κ3) is 3.88. The van der Waals surface area contributed by atoms with Crippen molar-refractivity contribution >= 4 is 5.71 Å². The molecular weight excluding hydrogens is 366 g/mol. The molecular formula is C28H49NO. The molecule has 0 radical (unpaired) electrons. The lowest BCUT2D eigenvalue weighted by molar-refractivity contribution is -0.105. The average Bonchev–Trinajstić information content (AvgIpc) is 3.05. The molecule has 0 N–H and O–H groups in total. The molecule has 30 heavy (non-hydrogen) atoms. The second kappa shape index (κ2) is 8.78. The van der Waals surface area contributed by atoms with Crippen LogP contribution in [-0.4, -0.2) is 12.8 Å². The van der Waals surface area contributed by atoms with Gasteiger partial charge < -0.3 is 4.84 Å². The second-order valence-electron chi connectivity index (χ2n) is 12.7. The molecule has 8 atom stereocenters. The van der Waals surface area contributed by atoms with E-state index in [9.17, 15) is 0 Å². The van der Waals surface area contributed by atoms with Crippen molar-refractivity contribution < 1.29 is 4.84 Å². The maximum absolute atomic E-state index is 5.13. The maximum atomic E-state index is 5.13. The highest BCUT2D eigenvalue weighted by Gasteiger charge is 2.60. The molecule has 0 saturated heterocycles. The summed E-state index contributed by atoms with van der Waals surface area (Å²) in [6, 6.07) is 0. The lowest BCUT2D eigenvalue weighted by Gasteiger charge is -2.60. The van der Waals surface area contributed by atoms with Gasteiger partial charge in [0, 0.05) is 0 Å². The normalized spacial score (nSPS) is 45.7. The average molecular weight is 416 g/mol. The quantitative estimate of drug-likeness (QED) is 0.401. The van der Waals surface area contributed by atoms with Gasteiger partial charge in [-0.2, -0.15) is 0 Å². The number of nitrogens with zero attached hydrogens (tertiary/aromatic N) is 1. The van der Waals surface area contributed by atoms with Crippen LogP contribution in [0.25, 0.3) is 0 Å². The predicted molar refractivity (Wildman–Crippen MR) is 128 cm³/mol. The molecule has 0 aliphatic heterocycles. The minimum atomic E-state index is 0.554. The zero-order chi connectivity index (χ0) is 21.5. The van der Waals surface area contributed by atoms with Crippen LogP contribution >= 0.6 is 0 Å². The minimum Gasteiger partial charge on any atom is -0.399 e. The van der Waals surface area contributed by atoms with E-state index < -0.39 is 0 Å². The fourth-order valence-electron chi connectivity index (χ4n) is 9.30. The Balaban J connectivity index is 1.45. The molecule has 172 valence electrons. The van der Waals surface area contributed by atoms with Crippen molar-refractivity contribution in [3.8, 4) is 0 Å². The fraction of sp³-hybridized carbons (Fsp3) is 0.964. The molecule has 4 rings (SSSR count). The monoisotopic (exact) mass is 415 g/mol. The first kappa shape index (κ1) is 22.7. The highest BCUT2D eigenvalue weighted by Crippen LogP contribution is 2.68. The van der Waals surface area contributed by atoms with Crippen molar-refractivity contribution in [3.63, 3.8) is 0 Å². The molecule has 0 amide bonds. The number of hydrogen-bond acceptors (Lipinski definition) is 2. The summed E-state index contributed by atoms with van der Waals surface area (Å²) in [6.45, 7) is 12.8. The van der Waals surface area contributed by atoms with Gasteiger partial charge in [-0.25, -0.2) is 0 Å². The maximum Gasteiger partial charge on any atom is 0.106 e. The van der Waals surface area contributed by atoms with Gasteiger partial charge in [0.2, 0.25) is 0 Å². The Morgan fingerprint density at radius 2 is 1.70 bits per heavy atom. The van der Waals surface area contributed by atoms with Crippen LogP contribution in [0.1, 0.15) is 112 Å². The molecule has 4 fully saturated rings. The second-order valence-corrected chi connectivity index (χ2v) is 12.7. The zero-order valence-electron chi connectivity index (χ0n) is 20.9. The number of oxime groups is 1. The van der Waals surface area contributed by atoms with Gasteiger partial charge in [-0.3, -0.25) is 0 Å². The van der Waals surface area contributed by atoms with Gasteiger partial charge in [-0.1, -0.05) is 59.0 Å². The molecule has 4 aliphatic carbocycles. The van der Waals surface area contributed by atoms with Crippen LogP contribution in [0.4, 0.5) is 0 Å². The summed E-state index contributed by atoms with van der Waals surface area (Å²) >= 11 is 0. The van der Waals surface area contributed by atoms with Gasteiger partial charge in [0.1, 0.15) is 7.11 Å². The van der Waals surface area contributed by atoms with E-state index in [-0.39, 0.29) is 0 Å². The van der Waals surface area contributed by atoms with Gasteiger partial charge in [0.25, 0.3) is 0 Å². The van der Waals surface area contributed by atoms with Crippen LogP contribution in [0.15, 0.2) is 5.16 Å². The fourth-order valence-corrected chi connectivity index (χ4v) is 9.30. The summed E-state index contributed by atoms with van der Waals surface area (Å²) in [6.07, 6.45) is 17.0. The molecule has 0 bridgehead atoms. The Labute approximate surface area is 187 Å². The Morgan fingerprint density at radius 1 is 0.933 bits per heavy atom. The SMILES string of the molecule is CO/N=C1\CCC2(C)C(CCC3C2CCC2(C)C(C(C)CCCC(C)C)CCC32)C1. The molecule has 4 saturated carbocycles. The molecule has 4 aliphatic rings. The van der Waals surface area contributed by atoms with Crippen LogP contribution in [0.2, 0.25) is 0 Å². The molecule has 8 unspecified atom stereocenters. The Hall–Kier alpha value is -0.530. The van der Waals surface area contributed by atoms with E-state index in [1.165, 1.54) is 82.8 Å². The summed E-state index contributed by atoms with van der Waals surface area (Å²) < 4.78 is 0. The van der Waals surface area contributed by atoms with Gasteiger partial charge >= 0.3 is 0 Å². The van der Waals surface area contributed by atoms with Crippen molar-refractivity contribution in [1.82, 2.24) is 0 Å². The van der Waals surface area contributed by atoms with E-state index in [2.05, 4.69) is 39.8 Å². The van der Waals surface area contributed by atoms with Crippen LogP contribution in [0.5, 0.6) is 0 Å². The summed E-state index contributed by atoms with van der Waals surface area (Å²) in [5, 5.41) is 4.36. The number of rotatable bonds is 6. The third-order valence-corrected chi connectivity index (χ3v) is 10.9. The van der Waals surface area contributed by atoms with E-state index in [0.717, 1.165) is 41.4 Å². The van der Waals surface area contributed by atoms with E-state index in [0.29, 0.717) is 10.8 Å². The molecule has 0 heterocycles. The lowest BCUT2D eigenvalue weighted by atomic mass is 9.44. The smallest absolute Gasteiger partial charge is 0.106 e. The number of hydrogen-bond donors (Lipinski definition) is 0. The first-order valence-electron chi connectivity index (χ1n) is 13.4. The van der Waals surface area contributed by atoms with Crippen LogP contribution in [-0.2, 0) is 4.84 Å². The summed E-state index contributed by atoms with van der Waals surface area (Å²) in [4.78, 5) is 5.13. The zero-order valence-corrected chi connectivity index (χ0v) is 20.9. The molecule has 0 aromatic carbocycles. The van der Waals surface area contributed by atoms with E-state index in [1.54, 1.807) is 7.11 Å². The van der Waals surface area contributed by atoms with Gasteiger partial charge in [-0.15, -0.1) is 0 Å². The van der Waals surface area contributed by atoms with Crippen molar-refractivity contribution in [2.75, 3.05) is 7.11 Å². The molecule has 2 heteroatoms. The van der Waals surface area contributed by atoms with Gasteiger partial charge in [0.15, 0.2) is 0 Å². The van der Waals surface area contributed by atoms with Crippen LogP contribution in [0.3, 0.4) is 0 Å². The summed E-state index contributed by atoms with van der Waals surface area (Å²) in [5.74, 6) is 6.57. The molecule has 0 spiro atoms. The van der Waals surface area contributed by atoms with Crippen molar-refractivity contribution in [3.05, 3.63) is 0 Å². The third-order valence-electron chi connectivity index (χ3n) is 10.9. The highest BCUT2D eigenvalue weighted by atomic mass is 16.6. The largest absolute Gasteiger partial charge is 0.399 e. The van der Waals surface area contributed by atoms with Crippen LogP contribution in [0, 0.1) is 52.3 Å². The Morgan fingerprint density at radius 3 is 2.43 bits per heavy atom. The van der Waals surface area contributed by atoms with Gasteiger partial charge in [0.05, 0.1) is 5.71 Å². The topological polar surface area (TPSA) is 21.6 Å². The van der Waals surface area contributed by atoms with Crippen LogP contribution < -0.4 is 0 Å².